The van der Waals surface area contributed by atoms with Gasteiger partial charge in [0.05, 0.1) is 0 Å². The number of hydrogen-bond donors (Lipinski definition) is 1. The molecule has 0 radical (unpaired) electrons. The summed E-state index contributed by atoms with van der Waals surface area (Å²) in [6, 6.07) is 6.25. The summed E-state index contributed by atoms with van der Waals surface area (Å²) in [7, 11) is 1.90. The standard InChI is InChI=1S/C15H19N5/c1-16-14-9-12(4-7-18-14)13-3-2-8-20(10-13)15-5-6-17-11-19-15/h4-7,9,11,13H,2-3,8,10H2,1H3,(H,16,18)/t13-/m0/s1. The zero-order valence-electron chi connectivity index (χ0n) is 11.7. The normalized spacial score (nSPS) is 18.9. The third-order valence-electron chi connectivity index (χ3n) is 3.82. The van der Waals surface area contributed by atoms with Crippen molar-refractivity contribution in [2.24, 2.45) is 0 Å². The first-order valence-corrected chi connectivity index (χ1v) is 7.01. The molecule has 1 aliphatic rings. The van der Waals surface area contributed by atoms with Crippen molar-refractivity contribution in [3.05, 3.63) is 42.5 Å². The molecular formula is C15H19N5. The van der Waals surface area contributed by atoms with E-state index in [-0.39, 0.29) is 0 Å². The van der Waals surface area contributed by atoms with Gasteiger partial charge in [0.15, 0.2) is 0 Å². The van der Waals surface area contributed by atoms with E-state index >= 15 is 0 Å². The minimum Gasteiger partial charge on any atom is -0.373 e. The highest BCUT2D eigenvalue weighted by Gasteiger charge is 2.22. The Kier molecular flexibility index (Phi) is 3.76. The van der Waals surface area contributed by atoms with Crippen molar-refractivity contribution in [1.82, 2.24) is 15.0 Å². The third kappa shape index (κ3) is 2.71. The first-order valence-electron chi connectivity index (χ1n) is 7.01. The Hall–Kier alpha value is -2.17. The predicted molar refractivity (Wildman–Crippen MR) is 80.0 cm³/mol. The maximum Gasteiger partial charge on any atom is 0.131 e. The molecule has 1 atom stereocenters. The van der Waals surface area contributed by atoms with Crippen LogP contribution in [0, 0.1) is 0 Å². The Labute approximate surface area is 119 Å². The summed E-state index contributed by atoms with van der Waals surface area (Å²) in [5, 5.41) is 3.10. The van der Waals surface area contributed by atoms with Crippen LogP contribution in [-0.2, 0) is 0 Å². The highest BCUT2D eigenvalue weighted by molar-refractivity contribution is 5.41. The van der Waals surface area contributed by atoms with E-state index in [1.807, 2.05) is 19.3 Å². The second-order valence-electron chi connectivity index (χ2n) is 5.08. The van der Waals surface area contributed by atoms with Gasteiger partial charge in [0.25, 0.3) is 0 Å². The Balaban J connectivity index is 1.78. The number of anilines is 2. The minimum absolute atomic E-state index is 0.536. The number of nitrogens with one attached hydrogen (secondary N) is 1. The average Bonchev–Trinajstić information content (AvgIpc) is 2.56. The molecule has 1 saturated heterocycles. The molecule has 5 nitrogen and oxygen atoms in total. The van der Waals surface area contributed by atoms with E-state index in [1.165, 1.54) is 18.4 Å². The first kappa shape index (κ1) is 12.8. The van der Waals surface area contributed by atoms with Crippen molar-refractivity contribution in [2.75, 3.05) is 30.4 Å². The predicted octanol–water partition coefficient (Wildman–Crippen LogP) is 2.30. The van der Waals surface area contributed by atoms with Crippen molar-refractivity contribution in [3.8, 4) is 0 Å². The highest BCUT2D eigenvalue weighted by Crippen LogP contribution is 2.29. The van der Waals surface area contributed by atoms with E-state index < -0.39 is 0 Å². The highest BCUT2D eigenvalue weighted by atomic mass is 15.2. The topological polar surface area (TPSA) is 53.9 Å². The lowest BCUT2D eigenvalue weighted by Crippen LogP contribution is -2.34. The number of nitrogens with zero attached hydrogens (tertiary/aromatic N) is 4. The molecule has 0 unspecified atom stereocenters. The number of pyridine rings is 1. The summed E-state index contributed by atoms with van der Waals surface area (Å²) in [6.45, 7) is 2.07. The van der Waals surface area contributed by atoms with Gasteiger partial charge in [-0.15, -0.1) is 0 Å². The molecule has 3 rings (SSSR count). The molecule has 2 aromatic heterocycles. The van der Waals surface area contributed by atoms with Crippen LogP contribution < -0.4 is 10.2 Å². The summed E-state index contributed by atoms with van der Waals surface area (Å²) in [5.74, 6) is 2.49. The first-order chi connectivity index (χ1) is 9.86. The van der Waals surface area contributed by atoms with E-state index in [2.05, 4.69) is 37.3 Å². The SMILES string of the molecule is CNc1cc([C@H]2CCCN(c3ccncn3)C2)ccn1. The summed E-state index contributed by atoms with van der Waals surface area (Å²) in [5.41, 5.74) is 1.35. The summed E-state index contributed by atoms with van der Waals surface area (Å²) in [4.78, 5) is 15.0. The van der Waals surface area contributed by atoms with Crippen molar-refractivity contribution in [2.45, 2.75) is 18.8 Å². The molecule has 0 aromatic carbocycles. The zero-order chi connectivity index (χ0) is 13.8. The molecular weight excluding hydrogens is 250 g/mol. The average molecular weight is 269 g/mol. The second-order valence-corrected chi connectivity index (χ2v) is 5.08. The number of rotatable bonds is 3. The van der Waals surface area contributed by atoms with E-state index in [4.69, 9.17) is 0 Å². The van der Waals surface area contributed by atoms with Crippen molar-refractivity contribution < 1.29 is 0 Å². The van der Waals surface area contributed by atoms with E-state index in [1.54, 1.807) is 12.5 Å². The number of aromatic nitrogens is 3. The van der Waals surface area contributed by atoms with Crippen molar-refractivity contribution in [3.63, 3.8) is 0 Å². The van der Waals surface area contributed by atoms with Gasteiger partial charge >= 0.3 is 0 Å². The molecule has 1 aliphatic heterocycles. The van der Waals surface area contributed by atoms with Gasteiger partial charge in [-0.1, -0.05) is 0 Å². The van der Waals surface area contributed by atoms with Crippen LogP contribution in [0.4, 0.5) is 11.6 Å². The minimum atomic E-state index is 0.536. The van der Waals surface area contributed by atoms with Gasteiger partial charge in [0.2, 0.25) is 0 Å². The number of hydrogen-bond acceptors (Lipinski definition) is 5. The zero-order valence-corrected chi connectivity index (χ0v) is 11.7. The van der Waals surface area contributed by atoms with Gasteiger partial charge < -0.3 is 10.2 Å². The van der Waals surface area contributed by atoms with Gasteiger partial charge in [0.1, 0.15) is 18.0 Å². The van der Waals surface area contributed by atoms with Gasteiger partial charge in [-0.25, -0.2) is 15.0 Å². The smallest absolute Gasteiger partial charge is 0.131 e. The van der Waals surface area contributed by atoms with E-state index in [9.17, 15) is 0 Å². The van der Waals surface area contributed by atoms with Gasteiger partial charge in [-0.05, 0) is 36.6 Å². The monoisotopic (exact) mass is 269 g/mol. The molecule has 0 bridgehead atoms. The fourth-order valence-corrected chi connectivity index (χ4v) is 2.77. The lowest BCUT2D eigenvalue weighted by atomic mass is 9.91. The van der Waals surface area contributed by atoms with Crippen LogP contribution in [0.1, 0.15) is 24.3 Å². The molecule has 1 N–H and O–H groups in total. The van der Waals surface area contributed by atoms with E-state index in [0.717, 1.165) is 24.7 Å². The molecule has 0 aliphatic carbocycles. The van der Waals surface area contributed by atoms with Crippen LogP contribution in [-0.4, -0.2) is 35.1 Å². The molecule has 1 fully saturated rings. The lowest BCUT2D eigenvalue weighted by molar-refractivity contribution is 0.507. The largest absolute Gasteiger partial charge is 0.373 e. The van der Waals surface area contributed by atoms with Crippen LogP contribution in [0.2, 0.25) is 0 Å². The maximum absolute atomic E-state index is 4.35. The quantitative estimate of drug-likeness (QED) is 0.926. The molecule has 0 saturated carbocycles. The molecule has 0 amide bonds. The Morgan fingerprint density at radius 3 is 3.00 bits per heavy atom. The molecule has 20 heavy (non-hydrogen) atoms. The Morgan fingerprint density at radius 1 is 1.25 bits per heavy atom. The third-order valence-corrected chi connectivity index (χ3v) is 3.82. The summed E-state index contributed by atoms with van der Waals surface area (Å²) in [6.07, 6.45) is 7.70. The van der Waals surface area contributed by atoms with Crippen molar-refractivity contribution >= 4 is 11.6 Å². The maximum atomic E-state index is 4.35. The van der Waals surface area contributed by atoms with Gasteiger partial charge in [-0.3, -0.25) is 0 Å². The van der Waals surface area contributed by atoms with Gasteiger partial charge in [-0.2, -0.15) is 0 Å². The fourth-order valence-electron chi connectivity index (χ4n) is 2.77. The van der Waals surface area contributed by atoms with Crippen LogP contribution in [0.15, 0.2) is 36.9 Å². The fraction of sp³-hybridized carbons (Fsp3) is 0.400. The van der Waals surface area contributed by atoms with Gasteiger partial charge in [0, 0.05) is 38.4 Å². The molecule has 0 spiro atoms. The molecule has 3 heterocycles. The Morgan fingerprint density at radius 2 is 2.20 bits per heavy atom. The summed E-state index contributed by atoms with van der Waals surface area (Å²) >= 11 is 0. The second kappa shape index (κ2) is 5.86. The number of piperidine rings is 1. The van der Waals surface area contributed by atoms with Crippen LogP contribution in [0.3, 0.4) is 0 Å². The van der Waals surface area contributed by atoms with Crippen molar-refractivity contribution in [1.29, 1.82) is 0 Å². The summed E-state index contributed by atoms with van der Waals surface area (Å²) < 4.78 is 0. The Bertz CT molecular complexity index is 557. The van der Waals surface area contributed by atoms with Crippen LogP contribution >= 0.6 is 0 Å². The van der Waals surface area contributed by atoms with Crippen LogP contribution in [0.5, 0.6) is 0 Å². The lowest BCUT2D eigenvalue weighted by Gasteiger charge is -2.33. The van der Waals surface area contributed by atoms with Crippen LogP contribution in [0.25, 0.3) is 0 Å². The van der Waals surface area contributed by atoms with E-state index in [0.29, 0.717) is 5.92 Å². The molecule has 104 valence electrons. The molecule has 5 heteroatoms. The molecule has 2 aromatic rings.